The maximum Gasteiger partial charge on any atom is 0.407 e. The molecule has 2 bridgehead atoms. The van der Waals surface area contributed by atoms with Gasteiger partial charge in [-0.25, -0.2) is 14.2 Å². The van der Waals surface area contributed by atoms with Gasteiger partial charge in [0.1, 0.15) is 10.5 Å². The number of aryl methyl sites for hydroxylation is 1. The molecular formula is C27H24BrFN6O3S. The fourth-order valence-corrected chi connectivity index (χ4v) is 7.35. The average Bonchev–Trinajstić information content (AvgIpc) is 3.63. The number of halogens is 2. The summed E-state index contributed by atoms with van der Waals surface area (Å²) in [6.45, 7) is 2.35. The topological polar surface area (TPSA) is 117 Å². The summed E-state index contributed by atoms with van der Waals surface area (Å²) in [5, 5.41) is 21.1. The number of amides is 1. The highest BCUT2D eigenvalue weighted by molar-refractivity contribution is 9.10. The molecule has 2 aliphatic heterocycles. The number of thioether (sulfide) groups is 1. The molecule has 7 rings (SSSR count). The van der Waals surface area contributed by atoms with Crippen molar-refractivity contribution in [3.8, 4) is 6.07 Å². The molecule has 5 heterocycles. The first kappa shape index (κ1) is 25.8. The van der Waals surface area contributed by atoms with E-state index in [4.69, 9.17) is 10.2 Å². The molecule has 3 aromatic heterocycles. The van der Waals surface area contributed by atoms with Crippen molar-refractivity contribution in [3.63, 3.8) is 0 Å². The molecule has 39 heavy (non-hydrogen) atoms. The molecule has 1 N–H and O–H groups in total. The highest BCUT2D eigenvalue weighted by atomic mass is 79.9. The Morgan fingerprint density at radius 3 is 2.85 bits per heavy atom. The van der Waals surface area contributed by atoms with Gasteiger partial charge in [-0.3, -0.25) is 9.78 Å². The molecule has 1 amide bonds. The van der Waals surface area contributed by atoms with Crippen LogP contribution in [0.25, 0.3) is 21.8 Å². The van der Waals surface area contributed by atoms with Crippen molar-refractivity contribution in [3.05, 3.63) is 62.6 Å². The van der Waals surface area contributed by atoms with E-state index in [9.17, 15) is 14.7 Å². The third-order valence-corrected chi connectivity index (χ3v) is 9.67. The molecule has 2 saturated heterocycles. The van der Waals surface area contributed by atoms with Gasteiger partial charge in [0.25, 0.3) is 5.56 Å². The number of hydrogen-bond acceptors (Lipinski definition) is 6. The summed E-state index contributed by atoms with van der Waals surface area (Å²) in [7, 11) is 0. The van der Waals surface area contributed by atoms with Gasteiger partial charge in [-0.1, -0.05) is 0 Å². The number of aromatic nitrogens is 4. The zero-order valence-corrected chi connectivity index (χ0v) is 23.5. The Hall–Kier alpha value is -3.43. The number of rotatable bonds is 6. The third kappa shape index (κ3) is 3.85. The molecule has 3 aliphatic rings. The zero-order valence-electron chi connectivity index (χ0n) is 21.1. The van der Waals surface area contributed by atoms with Crippen molar-refractivity contribution in [1.29, 1.82) is 5.26 Å². The van der Waals surface area contributed by atoms with E-state index in [0.717, 1.165) is 23.0 Å². The fourth-order valence-electron chi connectivity index (χ4n) is 6.29. The van der Waals surface area contributed by atoms with Crippen LogP contribution in [0.4, 0.5) is 9.18 Å². The van der Waals surface area contributed by atoms with Crippen molar-refractivity contribution < 1.29 is 14.3 Å². The maximum absolute atomic E-state index is 15.8. The number of benzene rings is 1. The van der Waals surface area contributed by atoms with E-state index < -0.39 is 18.0 Å². The van der Waals surface area contributed by atoms with Crippen molar-refractivity contribution in [2.24, 2.45) is 5.92 Å². The summed E-state index contributed by atoms with van der Waals surface area (Å²) < 4.78 is 19.9. The van der Waals surface area contributed by atoms with Gasteiger partial charge >= 0.3 is 6.09 Å². The van der Waals surface area contributed by atoms with Crippen molar-refractivity contribution in [2.75, 3.05) is 12.8 Å². The van der Waals surface area contributed by atoms with Gasteiger partial charge in [0.2, 0.25) is 0 Å². The van der Waals surface area contributed by atoms with Gasteiger partial charge in [-0.05, 0) is 59.6 Å². The van der Waals surface area contributed by atoms with Gasteiger partial charge in [-0.15, -0.1) is 11.8 Å². The molecule has 4 aromatic rings. The Labute approximate surface area is 235 Å². The summed E-state index contributed by atoms with van der Waals surface area (Å²) in [5.74, 6) is -0.393. The standard InChI is InChI=1S/C27H24BrFN6O3S/c1-13(33-7-6-31-11-20(33)36)18-10-17-25(35(18)24-15-9-19(24)34(12-15)27(37)38)16-8-14(4-3-5-30)21(28)22(29)23(16)32-26(17)39-2/h6-8,10-11,13,15,19,24H,3-4,9,12H2,1-2H3,(H,37,38)/t13?,15-,19-,24+/m1/s1. The predicted molar refractivity (Wildman–Crippen MR) is 149 cm³/mol. The van der Waals surface area contributed by atoms with Crippen LogP contribution in [-0.4, -0.2) is 54.0 Å². The molecule has 1 aromatic carbocycles. The normalized spacial score (nSPS) is 20.8. The molecule has 1 unspecified atom stereocenters. The van der Waals surface area contributed by atoms with E-state index in [2.05, 4.69) is 31.6 Å². The van der Waals surface area contributed by atoms with Gasteiger partial charge < -0.3 is 19.1 Å². The number of carbonyl (C=O) groups is 1. The van der Waals surface area contributed by atoms with Crippen LogP contribution in [0.5, 0.6) is 0 Å². The SMILES string of the molecule is CSc1nc2c(F)c(Br)c(CCC#N)cc2c2c1cc(C(C)n1ccncc1=O)n2[C@H]1[C@@H]2C[C@H]1N(C(=O)O)C2. The number of nitriles is 1. The third-order valence-electron chi connectivity index (χ3n) is 8.12. The van der Waals surface area contributed by atoms with Gasteiger partial charge in [0.15, 0.2) is 5.82 Å². The van der Waals surface area contributed by atoms with Crippen LogP contribution in [0.2, 0.25) is 0 Å². The monoisotopic (exact) mass is 610 g/mol. The van der Waals surface area contributed by atoms with E-state index in [1.165, 1.54) is 22.9 Å². The van der Waals surface area contributed by atoms with Crippen molar-refractivity contribution >= 4 is 55.6 Å². The Morgan fingerprint density at radius 2 is 2.18 bits per heavy atom. The summed E-state index contributed by atoms with van der Waals surface area (Å²) in [5.41, 5.74) is 2.20. The number of nitrogens with zero attached hydrogens (tertiary/aromatic N) is 6. The van der Waals surface area contributed by atoms with Crippen LogP contribution in [0.1, 0.15) is 43.1 Å². The molecule has 3 fully saturated rings. The van der Waals surface area contributed by atoms with Crippen LogP contribution in [0.3, 0.4) is 0 Å². The van der Waals surface area contributed by atoms with E-state index in [1.54, 1.807) is 17.0 Å². The zero-order chi connectivity index (χ0) is 27.6. The number of hydrogen-bond donors (Lipinski definition) is 1. The predicted octanol–water partition coefficient (Wildman–Crippen LogP) is 5.36. The molecular weight excluding hydrogens is 587 g/mol. The van der Waals surface area contributed by atoms with E-state index in [1.807, 2.05) is 25.3 Å². The summed E-state index contributed by atoms with van der Waals surface area (Å²) >= 11 is 4.79. The van der Waals surface area contributed by atoms with E-state index in [-0.39, 0.29) is 35.5 Å². The smallest absolute Gasteiger partial charge is 0.407 e. The van der Waals surface area contributed by atoms with Crippen molar-refractivity contribution in [1.82, 2.24) is 24.0 Å². The second-order valence-corrected chi connectivity index (χ2v) is 11.6. The Kier molecular flexibility index (Phi) is 6.38. The lowest BCUT2D eigenvalue weighted by Crippen LogP contribution is -2.43. The number of carboxylic acid groups (broad SMARTS) is 1. The first-order valence-corrected chi connectivity index (χ1v) is 14.6. The quantitative estimate of drug-likeness (QED) is 0.292. The summed E-state index contributed by atoms with van der Waals surface area (Å²) in [4.78, 5) is 34.9. The minimum absolute atomic E-state index is 0.0983. The highest BCUT2D eigenvalue weighted by Gasteiger charge is 2.55. The minimum Gasteiger partial charge on any atom is -0.465 e. The van der Waals surface area contributed by atoms with Crippen LogP contribution < -0.4 is 5.56 Å². The Balaban J connectivity index is 1.70. The average molecular weight is 611 g/mol. The summed E-state index contributed by atoms with van der Waals surface area (Å²) in [6, 6.07) is 5.22. The lowest BCUT2D eigenvalue weighted by molar-refractivity contribution is 0.123. The molecule has 1 saturated carbocycles. The molecule has 4 atom stereocenters. The molecule has 1 aliphatic carbocycles. The molecule has 0 spiro atoms. The van der Waals surface area contributed by atoms with Crippen LogP contribution in [0, 0.1) is 23.1 Å². The van der Waals surface area contributed by atoms with Crippen LogP contribution in [-0.2, 0) is 6.42 Å². The van der Waals surface area contributed by atoms with Gasteiger partial charge in [0, 0.05) is 47.7 Å². The highest BCUT2D eigenvalue weighted by Crippen LogP contribution is 2.53. The fraction of sp³-hybridized carbons (Fsp3) is 0.370. The van der Waals surface area contributed by atoms with Crippen LogP contribution >= 0.6 is 27.7 Å². The number of fused-ring (bicyclic) bond motifs is 4. The lowest BCUT2D eigenvalue weighted by Gasteiger charge is -2.39. The molecule has 0 radical (unpaired) electrons. The van der Waals surface area contributed by atoms with Crippen LogP contribution in [0.15, 0.2) is 45.0 Å². The Morgan fingerprint density at radius 1 is 1.38 bits per heavy atom. The second kappa shape index (κ2) is 9.64. The van der Waals surface area contributed by atoms with Gasteiger partial charge in [0.05, 0.1) is 40.4 Å². The molecule has 9 nitrogen and oxygen atoms in total. The maximum atomic E-state index is 15.8. The first-order chi connectivity index (χ1) is 18.8. The minimum atomic E-state index is -0.952. The summed E-state index contributed by atoms with van der Waals surface area (Å²) in [6.07, 6.45) is 6.75. The lowest BCUT2D eigenvalue weighted by atomic mass is 9.79. The first-order valence-electron chi connectivity index (χ1n) is 12.5. The molecule has 12 heteroatoms. The largest absolute Gasteiger partial charge is 0.465 e. The molecule has 200 valence electrons. The number of pyridine rings is 1. The second-order valence-electron chi connectivity index (χ2n) is 10.0. The van der Waals surface area contributed by atoms with Gasteiger partial charge in [-0.2, -0.15) is 5.26 Å². The Bertz CT molecular complexity index is 1760. The van der Waals surface area contributed by atoms with Crippen molar-refractivity contribution in [2.45, 2.75) is 49.3 Å². The van der Waals surface area contributed by atoms with E-state index in [0.29, 0.717) is 33.4 Å². The van der Waals surface area contributed by atoms with E-state index >= 15 is 4.39 Å².